The molecule has 33 heavy (non-hydrogen) atoms. The Labute approximate surface area is 206 Å². The SMILES string of the molecule is CCCCCCCCCCCCCCCC[N+](C)(C)Cc1ccccc1.Nc1ccccc1. The molecule has 0 fully saturated rings. The molecule has 2 heteroatoms. The van der Waals surface area contributed by atoms with Crippen LogP contribution in [0, 0.1) is 0 Å². The van der Waals surface area contributed by atoms with Crippen LogP contribution in [0.4, 0.5) is 5.69 Å². The smallest absolute Gasteiger partial charge is 0.104 e. The van der Waals surface area contributed by atoms with Crippen LogP contribution in [-0.2, 0) is 6.54 Å². The van der Waals surface area contributed by atoms with Crippen LogP contribution < -0.4 is 5.73 Å². The highest BCUT2D eigenvalue weighted by molar-refractivity contribution is 5.35. The van der Waals surface area contributed by atoms with Crippen LogP contribution in [0.1, 0.15) is 102 Å². The second kappa shape index (κ2) is 19.6. The van der Waals surface area contributed by atoms with Crippen LogP contribution in [-0.4, -0.2) is 25.1 Å². The van der Waals surface area contributed by atoms with Crippen molar-refractivity contribution in [2.24, 2.45) is 0 Å². The minimum Gasteiger partial charge on any atom is -0.399 e. The molecular weight excluding hydrogens is 400 g/mol. The molecule has 0 aliphatic heterocycles. The lowest BCUT2D eigenvalue weighted by Gasteiger charge is -2.30. The number of anilines is 1. The highest BCUT2D eigenvalue weighted by Gasteiger charge is 2.14. The van der Waals surface area contributed by atoms with Crippen molar-refractivity contribution < 1.29 is 4.48 Å². The summed E-state index contributed by atoms with van der Waals surface area (Å²) in [4.78, 5) is 0. The number of nitrogens with zero attached hydrogens (tertiary/aromatic N) is 1. The first-order valence-electron chi connectivity index (χ1n) is 13.7. The summed E-state index contributed by atoms with van der Waals surface area (Å²) in [6, 6.07) is 20.4. The fourth-order valence-electron chi connectivity index (χ4n) is 4.34. The van der Waals surface area contributed by atoms with Crippen LogP contribution in [0.15, 0.2) is 60.7 Å². The second-order valence-corrected chi connectivity index (χ2v) is 10.3. The number of quaternary nitrogens is 1. The normalized spacial score (nSPS) is 11.1. The Balaban J connectivity index is 0.000000657. The first kappa shape index (κ1) is 29.2. The summed E-state index contributed by atoms with van der Waals surface area (Å²) in [5.74, 6) is 0. The largest absolute Gasteiger partial charge is 0.399 e. The minimum atomic E-state index is 0.822. The molecule has 0 amide bonds. The molecule has 0 aromatic heterocycles. The molecule has 0 atom stereocenters. The summed E-state index contributed by atoms with van der Waals surface area (Å²) in [6.45, 7) is 4.75. The van der Waals surface area contributed by atoms with E-state index >= 15 is 0 Å². The van der Waals surface area contributed by atoms with E-state index in [2.05, 4.69) is 51.4 Å². The molecule has 2 rings (SSSR count). The van der Waals surface area contributed by atoms with Gasteiger partial charge in [0.2, 0.25) is 0 Å². The van der Waals surface area contributed by atoms with Gasteiger partial charge in [0.1, 0.15) is 6.54 Å². The Morgan fingerprint density at radius 3 is 1.33 bits per heavy atom. The number of hydrogen-bond acceptors (Lipinski definition) is 1. The summed E-state index contributed by atoms with van der Waals surface area (Å²) >= 11 is 0. The van der Waals surface area contributed by atoms with Gasteiger partial charge in [0, 0.05) is 11.3 Å². The lowest BCUT2D eigenvalue weighted by Crippen LogP contribution is -2.39. The molecule has 0 saturated heterocycles. The van der Waals surface area contributed by atoms with Crippen molar-refractivity contribution in [3.63, 3.8) is 0 Å². The highest BCUT2D eigenvalue weighted by Crippen LogP contribution is 2.15. The zero-order valence-corrected chi connectivity index (χ0v) is 22.1. The van der Waals surface area contributed by atoms with E-state index in [1.165, 1.54) is 102 Å². The molecule has 2 aromatic carbocycles. The zero-order chi connectivity index (χ0) is 24.0. The topological polar surface area (TPSA) is 26.0 Å². The maximum absolute atomic E-state index is 5.36. The Bertz CT molecular complexity index is 651. The highest BCUT2D eigenvalue weighted by atomic mass is 15.3. The molecule has 0 radical (unpaired) electrons. The zero-order valence-electron chi connectivity index (χ0n) is 22.1. The molecule has 2 nitrogen and oxygen atoms in total. The van der Waals surface area contributed by atoms with Crippen LogP contribution >= 0.6 is 0 Å². The molecule has 0 spiro atoms. The van der Waals surface area contributed by atoms with Gasteiger partial charge < -0.3 is 10.2 Å². The average Bonchev–Trinajstić information content (AvgIpc) is 2.80. The van der Waals surface area contributed by atoms with Gasteiger partial charge in [0.25, 0.3) is 0 Å². The molecule has 2 N–H and O–H groups in total. The Morgan fingerprint density at radius 2 is 0.939 bits per heavy atom. The van der Waals surface area contributed by atoms with Gasteiger partial charge in [-0.1, -0.05) is 133 Å². The van der Waals surface area contributed by atoms with Gasteiger partial charge in [0.05, 0.1) is 20.6 Å². The van der Waals surface area contributed by atoms with Crippen molar-refractivity contribution in [2.45, 2.75) is 103 Å². The van der Waals surface area contributed by atoms with Crippen LogP contribution in [0.25, 0.3) is 0 Å². The Kier molecular flexibility index (Phi) is 17.4. The van der Waals surface area contributed by atoms with Crippen molar-refractivity contribution in [2.75, 3.05) is 26.4 Å². The van der Waals surface area contributed by atoms with Gasteiger partial charge in [-0.3, -0.25) is 0 Å². The van der Waals surface area contributed by atoms with Crippen molar-refractivity contribution in [3.8, 4) is 0 Å². The summed E-state index contributed by atoms with van der Waals surface area (Å²) in [7, 11) is 4.74. The molecule has 0 aliphatic carbocycles. The summed E-state index contributed by atoms with van der Waals surface area (Å²) in [5.41, 5.74) is 7.64. The lowest BCUT2D eigenvalue weighted by atomic mass is 10.0. The second-order valence-electron chi connectivity index (χ2n) is 10.3. The molecule has 186 valence electrons. The third-order valence-corrected chi connectivity index (χ3v) is 6.37. The number of nitrogens with two attached hydrogens (primary N) is 1. The number of rotatable bonds is 17. The maximum Gasteiger partial charge on any atom is 0.104 e. The standard InChI is InChI=1S/C25H46N.C6H7N/c1-4-5-6-7-8-9-10-11-12-13-14-15-16-20-23-26(2,3)24-25-21-18-17-19-22-25;7-6-4-2-1-3-5-6/h17-19,21-22H,4-16,20,23-24H2,1-3H3;1-5H,7H2/q+1;. The molecule has 0 heterocycles. The number of unbranched alkanes of at least 4 members (excludes halogenated alkanes) is 13. The van der Waals surface area contributed by atoms with E-state index < -0.39 is 0 Å². The van der Waals surface area contributed by atoms with Crippen LogP contribution in [0.5, 0.6) is 0 Å². The fraction of sp³-hybridized carbons (Fsp3) is 0.613. The maximum atomic E-state index is 5.36. The quantitative estimate of drug-likeness (QED) is 0.144. The summed E-state index contributed by atoms with van der Waals surface area (Å²) in [5, 5.41) is 0. The van der Waals surface area contributed by atoms with Crippen molar-refractivity contribution in [1.82, 2.24) is 0 Å². The molecular formula is C31H53N2+. The predicted octanol–water partition coefficient (Wildman–Crippen LogP) is 9.01. The molecule has 0 bridgehead atoms. The Morgan fingerprint density at radius 1 is 0.545 bits per heavy atom. The van der Waals surface area contributed by atoms with Gasteiger partial charge in [-0.2, -0.15) is 0 Å². The first-order chi connectivity index (χ1) is 16.0. The number of para-hydroxylation sites is 1. The molecule has 0 unspecified atom stereocenters. The summed E-state index contributed by atoms with van der Waals surface area (Å²) in [6.07, 6.45) is 20.2. The third kappa shape index (κ3) is 18.3. The average molecular weight is 454 g/mol. The molecule has 0 saturated carbocycles. The van der Waals surface area contributed by atoms with E-state index in [0.717, 1.165) is 16.7 Å². The Hall–Kier alpha value is -1.80. The van der Waals surface area contributed by atoms with Gasteiger partial charge in [-0.25, -0.2) is 0 Å². The number of hydrogen-bond donors (Lipinski definition) is 1. The lowest BCUT2D eigenvalue weighted by molar-refractivity contribution is -0.903. The molecule has 0 aliphatic rings. The summed E-state index contributed by atoms with van der Waals surface area (Å²) < 4.78 is 1.11. The van der Waals surface area contributed by atoms with E-state index in [1.807, 2.05) is 30.3 Å². The van der Waals surface area contributed by atoms with Gasteiger partial charge in [-0.15, -0.1) is 0 Å². The number of benzene rings is 2. The van der Waals surface area contributed by atoms with Gasteiger partial charge in [0.15, 0.2) is 0 Å². The van der Waals surface area contributed by atoms with E-state index in [0.29, 0.717) is 0 Å². The van der Waals surface area contributed by atoms with E-state index in [4.69, 9.17) is 5.73 Å². The first-order valence-corrected chi connectivity index (χ1v) is 13.7. The van der Waals surface area contributed by atoms with Crippen LogP contribution in [0.2, 0.25) is 0 Å². The van der Waals surface area contributed by atoms with Crippen LogP contribution in [0.3, 0.4) is 0 Å². The fourth-order valence-corrected chi connectivity index (χ4v) is 4.34. The van der Waals surface area contributed by atoms with Gasteiger partial charge >= 0.3 is 0 Å². The monoisotopic (exact) mass is 453 g/mol. The number of nitrogen functional groups attached to an aromatic ring is 1. The van der Waals surface area contributed by atoms with E-state index in [1.54, 1.807) is 0 Å². The van der Waals surface area contributed by atoms with E-state index in [-0.39, 0.29) is 0 Å². The van der Waals surface area contributed by atoms with Gasteiger partial charge in [-0.05, 0) is 25.0 Å². The van der Waals surface area contributed by atoms with Crippen molar-refractivity contribution >= 4 is 5.69 Å². The minimum absolute atomic E-state index is 0.822. The predicted molar refractivity (Wildman–Crippen MR) is 148 cm³/mol. The third-order valence-electron chi connectivity index (χ3n) is 6.37. The van der Waals surface area contributed by atoms with Crippen molar-refractivity contribution in [1.29, 1.82) is 0 Å². The van der Waals surface area contributed by atoms with E-state index in [9.17, 15) is 0 Å². The molecule has 2 aromatic rings. The van der Waals surface area contributed by atoms with Crippen molar-refractivity contribution in [3.05, 3.63) is 66.2 Å².